The van der Waals surface area contributed by atoms with Crippen LogP contribution in [0, 0.1) is 6.92 Å². The van der Waals surface area contributed by atoms with Gasteiger partial charge in [-0.15, -0.1) is 11.8 Å². The van der Waals surface area contributed by atoms with E-state index in [2.05, 4.69) is 0 Å². The number of benzene rings is 3. The van der Waals surface area contributed by atoms with Crippen LogP contribution in [-0.4, -0.2) is 33.5 Å². The number of aryl methyl sites for hydroxylation is 1. The van der Waals surface area contributed by atoms with Crippen LogP contribution in [0.4, 0.5) is 0 Å². The number of nitrogens with zero attached hydrogens (tertiary/aromatic N) is 1. The maximum Gasteiger partial charge on any atom is 0.244 e. The molecule has 1 unspecified atom stereocenters. The van der Waals surface area contributed by atoms with Gasteiger partial charge in [-0.05, 0) is 60.9 Å². The highest BCUT2D eigenvalue weighted by atomic mass is 32.2. The summed E-state index contributed by atoms with van der Waals surface area (Å²) in [5, 5.41) is -0.419. The summed E-state index contributed by atoms with van der Waals surface area (Å²) in [4.78, 5) is 1.31. The van der Waals surface area contributed by atoms with Crippen LogP contribution >= 0.6 is 11.8 Å². The molecule has 7 heteroatoms. The molecule has 0 saturated heterocycles. The van der Waals surface area contributed by atoms with Gasteiger partial charge in [0.2, 0.25) is 10.0 Å². The molecule has 4 rings (SSSR count). The van der Waals surface area contributed by atoms with Gasteiger partial charge < -0.3 is 9.47 Å². The second kappa shape index (κ2) is 8.94. The molecule has 1 atom stereocenters. The number of hydrogen-bond donors (Lipinski definition) is 0. The van der Waals surface area contributed by atoms with Gasteiger partial charge in [-0.1, -0.05) is 35.9 Å². The molecule has 0 aromatic heterocycles. The lowest BCUT2D eigenvalue weighted by atomic mass is 10.00. The first kappa shape index (κ1) is 21.7. The Bertz CT molecular complexity index is 1160. The fraction of sp³-hybridized carbons (Fsp3) is 0.250. The summed E-state index contributed by atoms with van der Waals surface area (Å²) in [5.74, 6) is 1.24. The predicted molar refractivity (Wildman–Crippen MR) is 123 cm³/mol. The van der Waals surface area contributed by atoms with Gasteiger partial charge in [0.05, 0.1) is 19.1 Å². The molecule has 0 fully saturated rings. The molecule has 31 heavy (non-hydrogen) atoms. The van der Waals surface area contributed by atoms with Crippen molar-refractivity contribution in [3.05, 3.63) is 83.4 Å². The first-order valence-electron chi connectivity index (χ1n) is 9.99. The summed E-state index contributed by atoms with van der Waals surface area (Å²) in [7, 11) is -0.487. The number of hydrogen-bond acceptors (Lipinski definition) is 5. The van der Waals surface area contributed by atoms with E-state index in [9.17, 15) is 8.42 Å². The van der Waals surface area contributed by atoms with Crippen LogP contribution in [0.3, 0.4) is 0 Å². The van der Waals surface area contributed by atoms with Gasteiger partial charge >= 0.3 is 0 Å². The van der Waals surface area contributed by atoms with Crippen LogP contribution in [0.25, 0.3) is 0 Å². The quantitative estimate of drug-likeness (QED) is 0.521. The summed E-state index contributed by atoms with van der Waals surface area (Å²) in [6.45, 7) is 2.34. The molecule has 0 radical (unpaired) electrons. The van der Waals surface area contributed by atoms with Crippen molar-refractivity contribution in [3.63, 3.8) is 0 Å². The minimum atomic E-state index is -3.69. The Kier molecular flexibility index (Phi) is 6.27. The van der Waals surface area contributed by atoms with E-state index in [0.29, 0.717) is 29.4 Å². The topological polar surface area (TPSA) is 55.8 Å². The summed E-state index contributed by atoms with van der Waals surface area (Å²) < 4.78 is 39.9. The van der Waals surface area contributed by atoms with Crippen molar-refractivity contribution in [2.75, 3.05) is 20.8 Å². The van der Waals surface area contributed by atoms with Crippen molar-refractivity contribution >= 4 is 21.8 Å². The zero-order valence-corrected chi connectivity index (χ0v) is 19.4. The minimum Gasteiger partial charge on any atom is -0.493 e. The molecule has 0 amide bonds. The van der Waals surface area contributed by atoms with Gasteiger partial charge in [0.1, 0.15) is 5.37 Å². The van der Waals surface area contributed by atoms with Crippen LogP contribution < -0.4 is 9.47 Å². The Morgan fingerprint density at radius 2 is 1.58 bits per heavy atom. The Morgan fingerprint density at radius 1 is 0.935 bits per heavy atom. The molecule has 162 valence electrons. The average Bonchev–Trinajstić information content (AvgIpc) is 2.79. The lowest BCUT2D eigenvalue weighted by molar-refractivity contribution is 0.347. The number of fused-ring (bicyclic) bond motifs is 1. The zero-order chi connectivity index (χ0) is 22.0. The molecule has 3 aromatic rings. The van der Waals surface area contributed by atoms with E-state index in [1.165, 1.54) is 11.8 Å². The van der Waals surface area contributed by atoms with E-state index < -0.39 is 15.4 Å². The van der Waals surface area contributed by atoms with Crippen molar-refractivity contribution in [1.82, 2.24) is 4.31 Å². The molecular formula is C24H25NO4S2. The molecule has 1 aliphatic rings. The van der Waals surface area contributed by atoms with E-state index in [1.54, 1.807) is 30.7 Å². The van der Waals surface area contributed by atoms with Crippen LogP contribution in [-0.2, 0) is 16.4 Å². The molecule has 1 aliphatic heterocycles. The normalized spacial score (nSPS) is 16.5. The van der Waals surface area contributed by atoms with E-state index in [-0.39, 0.29) is 0 Å². The molecule has 0 aliphatic carbocycles. The fourth-order valence-corrected chi connectivity index (χ4v) is 6.79. The number of rotatable bonds is 6. The van der Waals surface area contributed by atoms with Crippen LogP contribution in [0.1, 0.15) is 22.1 Å². The highest BCUT2D eigenvalue weighted by molar-refractivity contribution is 8.00. The molecular weight excluding hydrogens is 430 g/mol. The standard InChI is InChI=1S/C24H25NO4S2/c1-17-9-11-20(12-10-17)31(26,27)25-14-13-18-15-22(28-2)23(29-3)16-21(18)24(25)30-19-7-5-4-6-8-19/h4-12,15-16,24H,13-14H2,1-3H3. The van der Waals surface area contributed by atoms with Crippen LogP contribution in [0.5, 0.6) is 11.5 Å². The minimum absolute atomic E-state index is 0.306. The Hall–Kier alpha value is -2.48. The van der Waals surface area contributed by atoms with E-state index in [4.69, 9.17) is 9.47 Å². The third-order valence-electron chi connectivity index (χ3n) is 5.39. The first-order valence-corrected chi connectivity index (χ1v) is 12.3. The average molecular weight is 456 g/mol. The Labute approximate surface area is 188 Å². The third kappa shape index (κ3) is 4.31. The maximum absolute atomic E-state index is 13.6. The number of ether oxygens (including phenoxy) is 2. The maximum atomic E-state index is 13.6. The summed E-state index contributed by atoms with van der Waals surface area (Å²) in [5.41, 5.74) is 3.02. The van der Waals surface area contributed by atoms with Gasteiger partial charge in [0, 0.05) is 11.4 Å². The van der Waals surface area contributed by atoms with Crippen molar-refractivity contribution in [2.45, 2.75) is 28.5 Å². The third-order valence-corrected chi connectivity index (χ3v) is 8.68. The van der Waals surface area contributed by atoms with Gasteiger partial charge in [-0.25, -0.2) is 8.42 Å². The van der Waals surface area contributed by atoms with E-state index in [1.807, 2.05) is 61.5 Å². The number of thioether (sulfide) groups is 1. The SMILES string of the molecule is COc1cc2c(cc1OC)C(Sc1ccccc1)N(S(=O)(=O)c1ccc(C)cc1)CC2. The van der Waals surface area contributed by atoms with Gasteiger partial charge in [0.25, 0.3) is 0 Å². The second-order valence-electron chi connectivity index (χ2n) is 7.37. The van der Waals surface area contributed by atoms with E-state index in [0.717, 1.165) is 21.6 Å². The Morgan fingerprint density at radius 3 is 2.23 bits per heavy atom. The Balaban J connectivity index is 1.82. The van der Waals surface area contributed by atoms with Crippen molar-refractivity contribution in [3.8, 4) is 11.5 Å². The smallest absolute Gasteiger partial charge is 0.244 e. The summed E-state index contributed by atoms with van der Waals surface area (Å²) >= 11 is 1.52. The van der Waals surface area contributed by atoms with Crippen molar-refractivity contribution < 1.29 is 17.9 Å². The molecule has 0 bridgehead atoms. The summed E-state index contributed by atoms with van der Waals surface area (Å²) in [6, 6.07) is 20.8. The lowest BCUT2D eigenvalue weighted by Gasteiger charge is -2.36. The molecule has 0 saturated carbocycles. The summed E-state index contributed by atoms with van der Waals surface area (Å²) in [6.07, 6.45) is 0.604. The van der Waals surface area contributed by atoms with Crippen LogP contribution in [0.15, 0.2) is 76.5 Å². The largest absolute Gasteiger partial charge is 0.493 e. The number of methoxy groups -OCH3 is 2. The predicted octanol–water partition coefficient (Wildman–Crippen LogP) is 5.05. The molecule has 1 heterocycles. The monoisotopic (exact) mass is 455 g/mol. The van der Waals surface area contributed by atoms with Crippen molar-refractivity contribution in [1.29, 1.82) is 0 Å². The lowest BCUT2D eigenvalue weighted by Crippen LogP contribution is -2.38. The fourth-order valence-electron chi connectivity index (χ4n) is 3.73. The highest BCUT2D eigenvalue weighted by Crippen LogP contribution is 2.47. The van der Waals surface area contributed by atoms with Crippen molar-refractivity contribution in [2.24, 2.45) is 0 Å². The second-order valence-corrected chi connectivity index (χ2v) is 10.4. The number of sulfonamides is 1. The molecule has 0 N–H and O–H groups in total. The van der Waals surface area contributed by atoms with Gasteiger partial charge in [-0.3, -0.25) is 0 Å². The first-order chi connectivity index (χ1) is 14.9. The molecule has 0 spiro atoms. The van der Waals surface area contributed by atoms with Gasteiger partial charge in [-0.2, -0.15) is 4.31 Å². The highest BCUT2D eigenvalue weighted by Gasteiger charge is 2.38. The zero-order valence-electron chi connectivity index (χ0n) is 17.7. The van der Waals surface area contributed by atoms with E-state index >= 15 is 0 Å². The van der Waals surface area contributed by atoms with Crippen LogP contribution in [0.2, 0.25) is 0 Å². The molecule has 5 nitrogen and oxygen atoms in total. The van der Waals surface area contributed by atoms with Gasteiger partial charge in [0.15, 0.2) is 11.5 Å². The molecule has 3 aromatic carbocycles.